The van der Waals surface area contributed by atoms with E-state index in [0.717, 1.165) is 21.8 Å². The van der Waals surface area contributed by atoms with Gasteiger partial charge in [-0.2, -0.15) is 0 Å². The van der Waals surface area contributed by atoms with Gasteiger partial charge in [0.2, 0.25) is 5.91 Å². The standard InChI is InChI=1S/C27H22Cl2N4O2S3/c1-15(34)17-6-9-19(10-7-17)30-26(36)31-20-4-3-5-21(13-20)38-16(2)25(35)33-27-32-24(14-37-27)22-11-8-18(28)12-23(22)29/h3-14,16H,1-2H3,(H2,30,31,36)(H,32,33,35). The van der Waals surface area contributed by atoms with Crippen LogP contribution in [0.1, 0.15) is 24.2 Å². The molecule has 3 N–H and O–H groups in total. The number of halogens is 2. The fraction of sp³-hybridized carbons (Fsp3) is 0.111. The lowest BCUT2D eigenvalue weighted by atomic mass is 10.1. The maximum absolute atomic E-state index is 12.8. The Hall–Kier alpha value is -2.95. The van der Waals surface area contributed by atoms with Crippen molar-refractivity contribution in [2.24, 2.45) is 0 Å². The molecule has 0 fully saturated rings. The van der Waals surface area contributed by atoms with Gasteiger partial charge < -0.3 is 16.0 Å². The van der Waals surface area contributed by atoms with Gasteiger partial charge in [0.15, 0.2) is 16.0 Å². The number of carbonyl (C=O) groups excluding carboxylic acids is 2. The molecule has 11 heteroatoms. The summed E-state index contributed by atoms with van der Waals surface area (Å²) >= 11 is 20.4. The number of carbonyl (C=O) groups is 2. The first-order chi connectivity index (χ1) is 18.2. The number of thiocarbonyl (C=S) groups is 1. The molecule has 194 valence electrons. The third-order valence-corrected chi connectivity index (χ3v) is 7.87. The van der Waals surface area contributed by atoms with Gasteiger partial charge in [-0.1, -0.05) is 29.3 Å². The Bertz CT molecular complexity index is 1490. The van der Waals surface area contributed by atoms with Crippen molar-refractivity contribution < 1.29 is 9.59 Å². The second kappa shape index (κ2) is 12.7. The zero-order valence-corrected chi connectivity index (χ0v) is 24.2. The molecular formula is C27H22Cl2N4O2S3. The molecule has 0 spiro atoms. The molecule has 38 heavy (non-hydrogen) atoms. The van der Waals surface area contributed by atoms with Gasteiger partial charge in [-0.15, -0.1) is 23.1 Å². The predicted molar refractivity (Wildman–Crippen MR) is 164 cm³/mol. The summed E-state index contributed by atoms with van der Waals surface area (Å²) in [4.78, 5) is 29.7. The molecule has 0 saturated heterocycles. The zero-order chi connectivity index (χ0) is 27.2. The Morgan fingerprint density at radius 3 is 2.42 bits per heavy atom. The molecule has 0 bridgehead atoms. The van der Waals surface area contributed by atoms with Crippen LogP contribution in [0.5, 0.6) is 0 Å². The third-order valence-electron chi connectivity index (χ3n) is 5.26. The molecule has 1 amide bonds. The minimum atomic E-state index is -0.374. The van der Waals surface area contributed by atoms with Gasteiger partial charge in [-0.25, -0.2) is 4.98 Å². The van der Waals surface area contributed by atoms with Crippen molar-refractivity contribution in [1.29, 1.82) is 0 Å². The van der Waals surface area contributed by atoms with Crippen LogP contribution in [0.15, 0.2) is 77.0 Å². The Morgan fingerprint density at radius 1 is 0.974 bits per heavy atom. The minimum absolute atomic E-state index is 0.00808. The number of nitrogens with zero attached hydrogens (tertiary/aromatic N) is 1. The summed E-state index contributed by atoms with van der Waals surface area (Å²) in [6.45, 7) is 3.36. The van der Waals surface area contributed by atoms with Crippen molar-refractivity contribution in [3.05, 3.63) is 87.7 Å². The molecule has 1 atom stereocenters. The van der Waals surface area contributed by atoms with E-state index in [2.05, 4.69) is 20.9 Å². The molecule has 3 aromatic carbocycles. The number of amides is 1. The number of hydrogen-bond donors (Lipinski definition) is 3. The predicted octanol–water partition coefficient (Wildman–Crippen LogP) is 8.25. The van der Waals surface area contributed by atoms with Gasteiger partial charge >= 0.3 is 0 Å². The number of ketones is 1. The van der Waals surface area contributed by atoms with Crippen LogP contribution in [-0.2, 0) is 4.79 Å². The molecule has 0 aliphatic heterocycles. The molecule has 0 saturated carbocycles. The van der Waals surface area contributed by atoms with Crippen molar-refractivity contribution in [2.75, 3.05) is 16.0 Å². The number of anilines is 3. The van der Waals surface area contributed by atoms with Crippen LogP contribution < -0.4 is 16.0 Å². The number of benzene rings is 3. The zero-order valence-electron chi connectivity index (χ0n) is 20.2. The van der Waals surface area contributed by atoms with Crippen LogP contribution in [0.2, 0.25) is 10.0 Å². The largest absolute Gasteiger partial charge is 0.332 e. The van der Waals surface area contributed by atoms with Crippen molar-refractivity contribution in [2.45, 2.75) is 24.0 Å². The lowest BCUT2D eigenvalue weighted by molar-refractivity contribution is -0.115. The van der Waals surface area contributed by atoms with Crippen molar-refractivity contribution in [1.82, 2.24) is 4.98 Å². The highest BCUT2D eigenvalue weighted by Crippen LogP contribution is 2.33. The first-order valence-corrected chi connectivity index (χ1v) is 14.3. The van der Waals surface area contributed by atoms with E-state index in [1.165, 1.54) is 30.0 Å². The Kier molecular flexibility index (Phi) is 9.40. The monoisotopic (exact) mass is 600 g/mol. The fourth-order valence-electron chi connectivity index (χ4n) is 3.35. The topological polar surface area (TPSA) is 83.1 Å². The number of thioether (sulfide) groups is 1. The number of aromatic nitrogens is 1. The maximum Gasteiger partial charge on any atom is 0.239 e. The van der Waals surface area contributed by atoms with E-state index in [9.17, 15) is 9.59 Å². The second-order valence-corrected chi connectivity index (χ2v) is 11.7. The van der Waals surface area contributed by atoms with E-state index >= 15 is 0 Å². The fourth-order valence-corrected chi connectivity index (χ4v) is 5.73. The average molecular weight is 602 g/mol. The number of hydrogen-bond acceptors (Lipinski definition) is 6. The summed E-state index contributed by atoms with van der Waals surface area (Å²) < 4.78 is 0. The molecule has 0 aliphatic carbocycles. The summed E-state index contributed by atoms with van der Waals surface area (Å²) in [5.41, 5.74) is 3.61. The van der Waals surface area contributed by atoms with Gasteiger partial charge in [0.05, 0.1) is 16.0 Å². The van der Waals surface area contributed by atoms with Crippen molar-refractivity contribution in [3.63, 3.8) is 0 Å². The molecule has 4 aromatic rings. The highest BCUT2D eigenvalue weighted by molar-refractivity contribution is 8.00. The number of rotatable bonds is 8. The van der Waals surface area contributed by atoms with Gasteiger partial charge in [0.1, 0.15) is 0 Å². The normalized spacial score (nSPS) is 11.5. The van der Waals surface area contributed by atoms with Gasteiger partial charge in [-0.3, -0.25) is 9.59 Å². The van der Waals surface area contributed by atoms with Crippen LogP contribution in [0, 0.1) is 0 Å². The van der Waals surface area contributed by atoms with Crippen LogP contribution >= 0.6 is 58.5 Å². The summed E-state index contributed by atoms with van der Waals surface area (Å²) in [5, 5.41) is 12.5. The average Bonchev–Trinajstić information content (AvgIpc) is 3.32. The molecular weight excluding hydrogens is 579 g/mol. The minimum Gasteiger partial charge on any atom is -0.332 e. The molecule has 1 heterocycles. The van der Waals surface area contributed by atoms with Gasteiger partial charge in [-0.05, 0) is 86.7 Å². The van der Waals surface area contributed by atoms with Crippen LogP contribution in [0.25, 0.3) is 11.3 Å². The summed E-state index contributed by atoms with van der Waals surface area (Å²) in [6.07, 6.45) is 0. The third kappa shape index (κ3) is 7.55. The quantitative estimate of drug-likeness (QED) is 0.107. The maximum atomic E-state index is 12.8. The van der Waals surface area contributed by atoms with E-state index < -0.39 is 0 Å². The SMILES string of the molecule is CC(=O)c1ccc(NC(=S)Nc2cccc(SC(C)C(=O)Nc3nc(-c4ccc(Cl)cc4Cl)cs3)c2)cc1. The second-order valence-electron chi connectivity index (χ2n) is 8.15. The number of nitrogens with one attached hydrogen (secondary N) is 3. The summed E-state index contributed by atoms with van der Waals surface area (Å²) in [5.74, 6) is -0.156. The smallest absolute Gasteiger partial charge is 0.239 e. The molecule has 0 aliphatic rings. The summed E-state index contributed by atoms with van der Waals surface area (Å²) in [7, 11) is 0. The molecule has 0 radical (unpaired) electrons. The lowest BCUT2D eigenvalue weighted by Crippen LogP contribution is -2.22. The highest BCUT2D eigenvalue weighted by atomic mass is 35.5. The Balaban J connectivity index is 1.32. The van der Waals surface area contributed by atoms with E-state index in [1.807, 2.05) is 36.6 Å². The molecule has 1 unspecified atom stereocenters. The van der Waals surface area contributed by atoms with Crippen LogP contribution in [0.4, 0.5) is 16.5 Å². The first-order valence-electron chi connectivity index (χ1n) is 11.4. The van der Waals surface area contributed by atoms with Gasteiger partial charge in [0.25, 0.3) is 0 Å². The molecule has 1 aromatic heterocycles. The van der Waals surface area contributed by atoms with Crippen molar-refractivity contribution in [3.8, 4) is 11.3 Å². The van der Waals surface area contributed by atoms with E-state index in [-0.39, 0.29) is 16.9 Å². The highest BCUT2D eigenvalue weighted by Gasteiger charge is 2.17. The van der Waals surface area contributed by atoms with E-state index in [4.69, 9.17) is 35.4 Å². The van der Waals surface area contributed by atoms with Crippen LogP contribution in [-0.4, -0.2) is 27.0 Å². The number of Topliss-reactive ketones (excluding diaryl/α,β-unsaturated/α-hetero) is 1. The molecule has 6 nitrogen and oxygen atoms in total. The molecule has 4 rings (SSSR count). The van der Waals surface area contributed by atoms with E-state index in [1.54, 1.807) is 42.5 Å². The van der Waals surface area contributed by atoms with Crippen LogP contribution in [0.3, 0.4) is 0 Å². The Morgan fingerprint density at radius 2 is 1.71 bits per heavy atom. The summed E-state index contributed by atoms with van der Waals surface area (Å²) in [6, 6.07) is 19.9. The first kappa shape index (κ1) is 28.1. The Labute approximate surface area is 244 Å². The van der Waals surface area contributed by atoms with Crippen molar-refractivity contribution >= 4 is 91.8 Å². The van der Waals surface area contributed by atoms with E-state index in [0.29, 0.717) is 31.5 Å². The lowest BCUT2D eigenvalue weighted by Gasteiger charge is -2.13. The number of thiazole rings is 1. The van der Waals surface area contributed by atoms with Gasteiger partial charge in [0, 0.05) is 37.8 Å².